The fraction of sp³-hybridized carbons (Fsp3) is 0.312. The van der Waals surface area contributed by atoms with Gasteiger partial charge in [0.1, 0.15) is 6.04 Å². The van der Waals surface area contributed by atoms with E-state index in [-0.39, 0.29) is 12.0 Å². The Morgan fingerprint density at radius 1 is 1.24 bits per heavy atom. The van der Waals surface area contributed by atoms with E-state index >= 15 is 0 Å². The summed E-state index contributed by atoms with van der Waals surface area (Å²) in [5.41, 5.74) is 2.34. The van der Waals surface area contributed by atoms with Crippen LogP contribution in [-0.4, -0.2) is 42.0 Å². The third kappa shape index (κ3) is 5.91. The topological polar surface area (TPSA) is 104 Å². The van der Waals surface area contributed by atoms with Gasteiger partial charge in [0, 0.05) is 18.0 Å². The molecule has 3 rings (SSSR count). The molecule has 25 heavy (non-hydrogen) atoms. The summed E-state index contributed by atoms with van der Waals surface area (Å²) < 4.78 is 36.6. The molecule has 9 heteroatoms. The molecule has 0 fully saturated rings. The second kappa shape index (κ2) is 8.54. The lowest BCUT2D eigenvalue weighted by Gasteiger charge is -2.33. The van der Waals surface area contributed by atoms with E-state index < -0.39 is 10.4 Å². The van der Waals surface area contributed by atoms with Crippen LogP contribution >= 0.6 is 11.3 Å². The highest BCUT2D eigenvalue weighted by atomic mass is 32.3. The van der Waals surface area contributed by atoms with Crippen LogP contribution in [-0.2, 0) is 32.9 Å². The van der Waals surface area contributed by atoms with Crippen molar-refractivity contribution in [3.63, 3.8) is 0 Å². The van der Waals surface area contributed by atoms with E-state index in [0.717, 1.165) is 25.1 Å². The van der Waals surface area contributed by atoms with Crippen molar-refractivity contribution in [2.24, 2.45) is 0 Å². The Balaban J connectivity index is 0.000000399. The van der Waals surface area contributed by atoms with Crippen molar-refractivity contribution in [1.82, 2.24) is 4.90 Å². The van der Waals surface area contributed by atoms with E-state index in [9.17, 15) is 4.79 Å². The molecule has 1 aliphatic heterocycles. The minimum Gasteiger partial charge on any atom is -0.468 e. The lowest BCUT2D eigenvalue weighted by molar-refractivity contribution is -0.147. The highest BCUT2D eigenvalue weighted by Crippen LogP contribution is 2.30. The van der Waals surface area contributed by atoms with Crippen molar-refractivity contribution in [1.29, 1.82) is 0 Å². The molecule has 1 aliphatic rings. The Bertz CT molecular complexity index is 795. The smallest absolute Gasteiger partial charge is 0.394 e. The summed E-state index contributed by atoms with van der Waals surface area (Å²) in [6.07, 6.45) is 1.01. The second-order valence-corrected chi connectivity index (χ2v) is 7.27. The first-order chi connectivity index (χ1) is 11.8. The molecule has 1 atom stereocenters. The molecule has 2 heterocycles. The molecule has 136 valence electrons. The van der Waals surface area contributed by atoms with Gasteiger partial charge in [-0.3, -0.25) is 14.0 Å². The molecule has 1 aromatic carbocycles. The molecule has 0 bridgehead atoms. The minimum absolute atomic E-state index is 0.185. The van der Waals surface area contributed by atoms with Crippen LogP contribution in [0.2, 0.25) is 0 Å². The summed E-state index contributed by atoms with van der Waals surface area (Å²) in [5, 5.41) is 2.13. The van der Waals surface area contributed by atoms with Gasteiger partial charge in [-0.05, 0) is 29.0 Å². The fourth-order valence-electron chi connectivity index (χ4n) is 2.73. The molecule has 0 saturated carbocycles. The third-order valence-corrected chi connectivity index (χ3v) is 4.77. The standard InChI is InChI=1S/C16H17NO2S.H2O4S/c1-19-16(18)15(12-5-3-2-4-6-12)17-9-7-14-13(11-17)8-10-20-14;1-5(2,3)4/h2-6,8,10,15H,7,9,11H2,1H3;(H2,1,2,3,4)/t15-;/m1./s1. The molecule has 0 saturated heterocycles. The van der Waals surface area contributed by atoms with Gasteiger partial charge in [-0.1, -0.05) is 30.3 Å². The number of benzene rings is 1. The molecule has 0 radical (unpaired) electrons. The summed E-state index contributed by atoms with van der Waals surface area (Å²) in [6.45, 7) is 1.70. The first-order valence-electron chi connectivity index (χ1n) is 7.41. The molecule has 0 spiro atoms. The number of carbonyl (C=O) groups excluding carboxylic acids is 1. The monoisotopic (exact) mass is 385 g/mol. The van der Waals surface area contributed by atoms with Crippen LogP contribution in [0, 0.1) is 0 Å². The first-order valence-corrected chi connectivity index (χ1v) is 9.69. The van der Waals surface area contributed by atoms with Gasteiger partial charge < -0.3 is 4.74 Å². The van der Waals surface area contributed by atoms with Crippen molar-refractivity contribution < 1.29 is 27.1 Å². The third-order valence-electron chi connectivity index (χ3n) is 3.74. The molecule has 2 N–H and O–H groups in total. The van der Waals surface area contributed by atoms with E-state index in [4.69, 9.17) is 22.3 Å². The summed E-state index contributed by atoms with van der Waals surface area (Å²) in [6, 6.07) is 11.7. The lowest BCUT2D eigenvalue weighted by atomic mass is 10.0. The van der Waals surface area contributed by atoms with Crippen molar-refractivity contribution in [3.05, 3.63) is 57.8 Å². The van der Waals surface area contributed by atoms with Gasteiger partial charge in [-0.15, -0.1) is 11.3 Å². The number of fused-ring (bicyclic) bond motifs is 1. The van der Waals surface area contributed by atoms with Gasteiger partial charge in [0.05, 0.1) is 7.11 Å². The summed E-state index contributed by atoms with van der Waals surface area (Å²) >= 11 is 1.81. The van der Waals surface area contributed by atoms with Crippen molar-refractivity contribution in [2.45, 2.75) is 19.0 Å². The van der Waals surface area contributed by atoms with Crippen LogP contribution in [0.4, 0.5) is 0 Å². The fourth-order valence-corrected chi connectivity index (χ4v) is 3.62. The zero-order chi connectivity index (χ0) is 18.4. The molecule has 1 aromatic heterocycles. The number of ether oxygens (including phenoxy) is 1. The van der Waals surface area contributed by atoms with Crippen LogP contribution < -0.4 is 0 Å². The summed E-state index contributed by atoms with van der Waals surface area (Å²) in [4.78, 5) is 15.8. The SMILES string of the molecule is COC(=O)[C@@H](c1ccccc1)N1CCc2sccc2C1.O=S(=O)(O)O. The molecular weight excluding hydrogens is 366 g/mol. The average molecular weight is 385 g/mol. The number of hydrogen-bond donors (Lipinski definition) is 2. The van der Waals surface area contributed by atoms with Crippen LogP contribution in [0.3, 0.4) is 0 Å². The molecule has 0 amide bonds. The quantitative estimate of drug-likeness (QED) is 0.617. The second-order valence-electron chi connectivity index (χ2n) is 5.37. The maximum absolute atomic E-state index is 12.2. The van der Waals surface area contributed by atoms with Gasteiger partial charge in [-0.25, -0.2) is 4.79 Å². The van der Waals surface area contributed by atoms with Gasteiger partial charge in [0.2, 0.25) is 0 Å². The largest absolute Gasteiger partial charge is 0.468 e. The molecule has 7 nitrogen and oxygen atoms in total. The Morgan fingerprint density at radius 3 is 2.48 bits per heavy atom. The van der Waals surface area contributed by atoms with Gasteiger partial charge >= 0.3 is 16.4 Å². The molecule has 2 aromatic rings. The van der Waals surface area contributed by atoms with E-state index in [0.29, 0.717) is 0 Å². The Labute approximate surface area is 150 Å². The number of nitrogens with zero attached hydrogens (tertiary/aromatic N) is 1. The molecule has 0 unspecified atom stereocenters. The van der Waals surface area contributed by atoms with Crippen LogP contribution in [0.5, 0.6) is 0 Å². The van der Waals surface area contributed by atoms with Gasteiger partial charge in [0.25, 0.3) is 0 Å². The molecular formula is C16H19NO6S2. The highest BCUT2D eigenvalue weighted by molar-refractivity contribution is 7.79. The zero-order valence-corrected chi connectivity index (χ0v) is 15.2. The van der Waals surface area contributed by atoms with Gasteiger partial charge in [-0.2, -0.15) is 8.42 Å². The van der Waals surface area contributed by atoms with E-state index in [1.54, 1.807) is 11.3 Å². The number of thiophene rings is 1. The zero-order valence-electron chi connectivity index (χ0n) is 13.5. The Morgan fingerprint density at radius 2 is 1.88 bits per heavy atom. The highest BCUT2D eigenvalue weighted by Gasteiger charge is 2.31. The number of carbonyl (C=O) groups is 1. The lowest BCUT2D eigenvalue weighted by Crippen LogP contribution is -2.38. The number of methoxy groups -OCH3 is 1. The van der Waals surface area contributed by atoms with Gasteiger partial charge in [0.15, 0.2) is 0 Å². The predicted octanol–water partition coefficient (Wildman–Crippen LogP) is 2.37. The Kier molecular flexibility index (Phi) is 6.68. The summed E-state index contributed by atoms with van der Waals surface area (Å²) in [5.74, 6) is -0.185. The number of esters is 1. The number of hydrogen-bond acceptors (Lipinski definition) is 6. The van der Waals surface area contributed by atoms with E-state index in [1.807, 2.05) is 30.3 Å². The maximum Gasteiger partial charge on any atom is 0.394 e. The van der Waals surface area contributed by atoms with Crippen molar-refractivity contribution >= 4 is 27.7 Å². The summed E-state index contributed by atoms with van der Waals surface area (Å²) in [7, 11) is -3.21. The molecule has 0 aliphatic carbocycles. The maximum atomic E-state index is 12.2. The Hall–Kier alpha value is -1.78. The van der Waals surface area contributed by atoms with Crippen molar-refractivity contribution in [3.8, 4) is 0 Å². The van der Waals surface area contributed by atoms with E-state index in [1.165, 1.54) is 17.6 Å². The van der Waals surface area contributed by atoms with E-state index in [2.05, 4.69) is 16.3 Å². The minimum atomic E-state index is -4.67. The van der Waals surface area contributed by atoms with Crippen LogP contribution in [0.25, 0.3) is 0 Å². The van der Waals surface area contributed by atoms with Crippen molar-refractivity contribution in [2.75, 3.05) is 13.7 Å². The normalized spacial score (nSPS) is 15.5. The first kappa shape index (κ1) is 19.5. The van der Waals surface area contributed by atoms with Crippen LogP contribution in [0.15, 0.2) is 41.8 Å². The number of rotatable bonds is 3. The van der Waals surface area contributed by atoms with Crippen LogP contribution in [0.1, 0.15) is 22.0 Å². The average Bonchev–Trinajstić information content (AvgIpc) is 3.02. The predicted molar refractivity (Wildman–Crippen MR) is 93.8 cm³/mol.